The van der Waals surface area contributed by atoms with Crippen LogP contribution in [0, 0.1) is 5.82 Å². The lowest BCUT2D eigenvalue weighted by atomic mass is 10.2. The van der Waals surface area contributed by atoms with Gasteiger partial charge < -0.3 is 15.8 Å². The summed E-state index contributed by atoms with van der Waals surface area (Å²) in [5.74, 6) is -0.137. The molecule has 1 aromatic rings. The monoisotopic (exact) mass is 182 g/mol. The lowest BCUT2D eigenvalue weighted by molar-refractivity contribution is 0.278. The van der Waals surface area contributed by atoms with Crippen molar-refractivity contribution < 1.29 is 9.13 Å². The molecular weight excluding hydrogens is 171 g/mol. The van der Waals surface area contributed by atoms with Crippen LogP contribution in [0.15, 0.2) is 12.1 Å². The molecule has 2 rings (SSSR count). The Hall–Kier alpha value is -1.45. The van der Waals surface area contributed by atoms with Crippen molar-refractivity contribution in [1.29, 1.82) is 0 Å². The molecule has 3 nitrogen and oxygen atoms in total. The molecule has 1 atom stereocenters. The van der Waals surface area contributed by atoms with Gasteiger partial charge in [0.25, 0.3) is 0 Å². The Balaban J connectivity index is 2.51. The minimum absolute atomic E-state index is 0.164. The average molecular weight is 182 g/mol. The topological polar surface area (TPSA) is 47.3 Å². The van der Waals surface area contributed by atoms with Crippen LogP contribution >= 0.6 is 0 Å². The average Bonchev–Trinajstić information content (AvgIpc) is 2.12. The fourth-order valence-electron chi connectivity index (χ4n) is 1.36. The van der Waals surface area contributed by atoms with E-state index >= 15 is 0 Å². The van der Waals surface area contributed by atoms with Gasteiger partial charge in [-0.2, -0.15) is 0 Å². The van der Waals surface area contributed by atoms with E-state index < -0.39 is 0 Å². The van der Waals surface area contributed by atoms with Crippen LogP contribution in [0.5, 0.6) is 5.75 Å². The maximum absolute atomic E-state index is 13.2. The highest BCUT2D eigenvalue weighted by molar-refractivity contribution is 5.74. The van der Waals surface area contributed by atoms with Crippen molar-refractivity contribution in [3.63, 3.8) is 0 Å². The van der Waals surface area contributed by atoms with E-state index in [0.29, 0.717) is 18.0 Å². The standard InChI is InChI=1S/C9H11FN2O/c1-5-4-13-9-6(10)2-3-7(11)8(9)12-5/h2-3,5,12H,4,11H2,1H3. The first kappa shape index (κ1) is 8.16. The zero-order valence-electron chi connectivity index (χ0n) is 7.30. The van der Waals surface area contributed by atoms with E-state index in [9.17, 15) is 4.39 Å². The normalized spacial score (nSPS) is 20.0. The number of ether oxygens (including phenoxy) is 1. The fourth-order valence-corrected chi connectivity index (χ4v) is 1.36. The zero-order chi connectivity index (χ0) is 9.42. The summed E-state index contributed by atoms with van der Waals surface area (Å²) in [6.45, 7) is 2.42. The van der Waals surface area contributed by atoms with Gasteiger partial charge in [0.1, 0.15) is 12.3 Å². The predicted octanol–water partition coefficient (Wildman–Crippen LogP) is 1.60. The first-order valence-electron chi connectivity index (χ1n) is 4.16. The molecule has 1 aromatic carbocycles. The largest absolute Gasteiger partial charge is 0.486 e. The highest BCUT2D eigenvalue weighted by atomic mass is 19.1. The molecule has 0 aliphatic carbocycles. The van der Waals surface area contributed by atoms with Gasteiger partial charge in [0.15, 0.2) is 11.6 Å². The number of nitrogens with one attached hydrogen (secondary N) is 1. The number of halogens is 1. The molecule has 0 aromatic heterocycles. The summed E-state index contributed by atoms with van der Waals surface area (Å²) in [6.07, 6.45) is 0. The maximum Gasteiger partial charge on any atom is 0.180 e. The SMILES string of the molecule is CC1COc2c(F)ccc(N)c2N1. The molecule has 1 heterocycles. The van der Waals surface area contributed by atoms with Gasteiger partial charge in [-0.1, -0.05) is 0 Å². The summed E-state index contributed by atoms with van der Waals surface area (Å²) in [4.78, 5) is 0. The van der Waals surface area contributed by atoms with E-state index in [2.05, 4.69) is 5.32 Å². The third-order valence-corrected chi connectivity index (χ3v) is 2.01. The number of rotatable bonds is 0. The first-order chi connectivity index (χ1) is 6.18. The molecule has 1 unspecified atom stereocenters. The predicted molar refractivity (Wildman–Crippen MR) is 49.4 cm³/mol. The van der Waals surface area contributed by atoms with Crippen molar-refractivity contribution in [2.24, 2.45) is 0 Å². The van der Waals surface area contributed by atoms with Gasteiger partial charge >= 0.3 is 0 Å². The van der Waals surface area contributed by atoms with E-state index in [1.807, 2.05) is 6.92 Å². The Morgan fingerprint density at radius 1 is 1.62 bits per heavy atom. The van der Waals surface area contributed by atoms with Crippen LogP contribution in [0.25, 0.3) is 0 Å². The van der Waals surface area contributed by atoms with Crippen LogP contribution in [0.1, 0.15) is 6.92 Å². The van der Waals surface area contributed by atoms with Gasteiger partial charge in [-0.3, -0.25) is 0 Å². The van der Waals surface area contributed by atoms with Crippen LogP contribution in [0.4, 0.5) is 15.8 Å². The molecule has 0 radical (unpaired) electrons. The third-order valence-electron chi connectivity index (χ3n) is 2.01. The summed E-state index contributed by atoms with van der Waals surface area (Å²) >= 11 is 0. The number of fused-ring (bicyclic) bond motifs is 1. The summed E-state index contributed by atoms with van der Waals surface area (Å²) < 4.78 is 18.4. The van der Waals surface area contributed by atoms with Gasteiger partial charge in [0, 0.05) is 0 Å². The number of hydrogen-bond donors (Lipinski definition) is 2. The summed E-state index contributed by atoms with van der Waals surface area (Å²) in [5, 5.41) is 3.08. The van der Waals surface area contributed by atoms with Gasteiger partial charge in [-0.15, -0.1) is 0 Å². The Labute approximate surface area is 75.7 Å². The summed E-state index contributed by atoms with van der Waals surface area (Å²) in [5.41, 5.74) is 6.75. The van der Waals surface area contributed by atoms with Crippen LogP contribution in [-0.2, 0) is 0 Å². The molecule has 0 amide bonds. The molecule has 0 saturated heterocycles. The smallest absolute Gasteiger partial charge is 0.180 e. The molecular formula is C9H11FN2O. The Morgan fingerprint density at radius 2 is 2.38 bits per heavy atom. The van der Waals surface area contributed by atoms with Gasteiger partial charge in [0.2, 0.25) is 0 Å². The van der Waals surface area contributed by atoms with Gasteiger partial charge in [-0.05, 0) is 19.1 Å². The van der Waals surface area contributed by atoms with Crippen molar-refractivity contribution in [3.05, 3.63) is 17.9 Å². The molecule has 1 aliphatic heterocycles. The molecule has 13 heavy (non-hydrogen) atoms. The molecule has 0 saturated carbocycles. The zero-order valence-corrected chi connectivity index (χ0v) is 7.30. The number of anilines is 2. The summed E-state index contributed by atoms with van der Waals surface area (Å²) in [7, 11) is 0. The van der Waals surface area contributed by atoms with Crippen molar-refractivity contribution in [3.8, 4) is 5.75 Å². The van der Waals surface area contributed by atoms with Crippen LogP contribution < -0.4 is 15.8 Å². The second kappa shape index (κ2) is 2.80. The van der Waals surface area contributed by atoms with Crippen LogP contribution in [0.2, 0.25) is 0 Å². The van der Waals surface area contributed by atoms with Gasteiger partial charge in [0.05, 0.1) is 11.7 Å². The maximum atomic E-state index is 13.2. The second-order valence-corrected chi connectivity index (χ2v) is 3.20. The molecule has 70 valence electrons. The molecule has 1 aliphatic rings. The van der Waals surface area contributed by atoms with Crippen molar-refractivity contribution in [1.82, 2.24) is 0 Å². The fraction of sp³-hybridized carbons (Fsp3) is 0.333. The van der Waals surface area contributed by atoms with Crippen molar-refractivity contribution >= 4 is 11.4 Å². The van der Waals surface area contributed by atoms with E-state index in [1.54, 1.807) is 0 Å². The lowest BCUT2D eigenvalue weighted by Gasteiger charge is -2.26. The van der Waals surface area contributed by atoms with E-state index in [1.165, 1.54) is 12.1 Å². The van der Waals surface area contributed by atoms with E-state index in [4.69, 9.17) is 10.5 Å². The highest BCUT2D eigenvalue weighted by Gasteiger charge is 2.20. The molecule has 3 N–H and O–H groups in total. The van der Waals surface area contributed by atoms with Crippen LogP contribution in [-0.4, -0.2) is 12.6 Å². The first-order valence-corrected chi connectivity index (χ1v) is 4.16. The van der Waals surface area contributed by atoms with Gasteiger partial charge in [-0.25, -0.2) is 4.39 Å². The van der Waals surface area contributed by atoms with Crippen LogP contribution in [0.3, 0.4) is 0 Å². The van der Waals surface area contributed by atoms with E-state index in [-0.39, 0.29) is 17.6 Å². The number of benzene rings is 1. The number of hydrogen-bond acceptors (Lipinski definition) is 3. The molecule has 0 bridgehead atoms. The lowest BCUT2D eigenvalue weighted by Crippen LogP contribution is -2.29. The number of nitrogens with two attached hydrogens (primary N) is 1. The Bertz CT molecular complexity index is 341. The molecule has 0 spiro atoms. The van der Waals surface area contributed by atoms with Crippen molar-refractivity contribution in [2.75, 3.05) is 17.7 Å². The van der Waals surface area contributed by atoms with E-state index in [0.717, 1.165) is 0 Å². The Kier molecular flexibility index (Phi) is 1.76. The number of nitrogen functional groups attached to an aromatic ring is 1. The third kappa shape index (κ3) is 1.28. The Morgan fingerprint density at radius 3 is 3.15 bits per heavy atom. The second-order valence-electron chi connectivity index (χ2n) is 3.20. The quantitative estimate of drug-likeness (QED) is 0.599. The minimum Gasteiger partial charge on any atom is -0.486 e. The summed E-state index contributed by atoms with van der Waals surface area (Å²) in [6, 6.07) is 3.01. The molecule has 4 heteroatoms. The highest BCUT2D eigenvalue weighted by Crippen LogP contribution is 2.36. The minimum atomic E-state index is -0.372. The molecule has 0 fully saturated rings. The van der Waals surface area contributed by atoms with Crippen molar-refractivity contribution in [2.45, 2.75) is 13.0 Å².